The lowest BCUT2D eigenvalue weighted by Gasteiger charge is -2.16. The average Bonchev–Trinajstić information content (AvgIpc) is 3.15. The molecule has 124 valence electrons. The van der Waals surface area contributed by atoms with Crippen LogP contribution >= 0.6 is 0 Å². The lowest BCUT2D eigenvalue weighted by Crippen LogP contribution is -2.15. The molecule has 3 N–H and O–H groups in total. The Hall–Kier alpha value is -3.38. The number of nitriles is 1. The zero-order valence-corrected chi connectivity index (χ0v) is 13.7. The summed E-state index contributed by atoms with van der Waals surface area (Å²) in [5.74, 6) is 3.71. The summed E-state index contributed by atoms with van der Waals surface area (Å²) in [5, 5.41) is 23.0. The fourth-order valence-electron chi connectivity index (χ4n) is 2.93. The molecule has 0 unspecified atom stereocenters. The van der Waals surface area contributed by atoms with Gasteiger partial charge in [0.1, 0.15) is 17.7 Å². The molecule has 0 amide bonds. The fourth-order valence-corrected chi connectivity index (χ4v) is 2.93. The van der Waals surface area contributed by atoms with Crippen LogP contribution in [0.2, 0.25) is 0 Å². The number of anilines is 3. The molecule has 0 bridgehead atoms. The molecule has 25 heavy (non-hydrogen) atoms. The molecule has 0 aromatic carbocycles. The first kappa shape index (κ1) is 16.5. The monoisotopic (exact) mass is 330 g/mol. The topological polar surface area (TPSA) is 97.5 Å². The molecule has 6 nitrogen and oxygen atoms in total. The van der Waals surface area contributed by atoms with E-state index < -0.39 is 0 Å². The minimum Gasteiger partial charge on any atom is -0.381 e. The Morgan fingerprint density at radius 3 is 2.72 bits per heavy atom. The van der Waals surface area contributed by atoms with Crippen molar-refractivity contribution in [1.82, 2.24) is 9.97 Å². The molecule has 0 atom stereocenters. The standard InChI is InChI=1S/C19H18N6/c1-2-14-12-22-18(8-17(14)24-16-5-3-4-6-16)25-19-15(10-21)7-13(9-20)11-23-19/h1,7-8,10-12,16,21H,3-6H2,(H2,22,23,24,25). The summed E-state index contributed by atoms with van der Waals surface area (Å²) in [7, 11) is 0. The molecule has 2 aromatic heterocycles. The number of nitrogens with one attached hydrogen (secondary N) is 3. The van der Waals surface area contributed by atoms with Gasteiger partial charge in [-0.05, 0) is 18.9 Å². The third-order valence-electron chi connectivity index (χ3n) is 4.22. The van der Waals surface area contributed by atoms with Gasteiger partial charge in [-0.1, -0.05) is 18.8 Å². The number of nitrogens with zero attached hydrogens (tertiary/aromatic N) is 3. The van der Waals surface area contributed by atoms with Crippen LogP contribution in [0.1, 0.15) is 42.4 Å². The maximum absolute atomic E-state index is 8.94. The first-order valence-electron chi connectivity index (χ1n) is 8.14. The fraction of sp³-hybridized carbons (Fsp3) is 0.263. The number of terminal acetylenes is 1. The molecule has 3 rings (SSSR count). The van der Waals surface area contributed by atoms with Crippen LogP contribution in [-0.2, 0) is 0 Å². The molecule has 0 saturated heterocycles. The minimum atomic E-state index is 0.406. The molecule has 6 heteroatoms. The zero-order chi connectivity index (χ0) is 17.6. The van der Waals surface area contributed by atoms with E-state index in [1.807, 2.05) is 12.1 Å². The van der Waals surface area contributed by atoms with E-state index in [1.54, 1.807) is 12.3 Å². The second-order valence-corrected chi connectivity index (χ2v) is 5.93. The van der Waals surface area contributed by atoms with Gasteiger partial charge in [0.15, 0.2) is 0 Å². The number of rotatable bonds is 5. The molecule has 1 fully saturated rings. The Morgan fingerprint density at radius 1 is 1.24 bits per heavy atom. The van der Waals surface area contributed by atoms with E-state index in [9.17, 15) is 0 Å². The zero-order valence-electron chi connectivity index (χ0n) is 13.7. The quantitative estimate of drug-likeness (QED) is 0.576. The second kappa shape index (κ2) is 7.46. The molecular formula is C19H18N6. The Balaban J connectivity index is 1.87. The van der Waals surface area contributed by atoms with Crippen molar-refractivity contribution in [1.29, 1.82) is 10.7 Å². The summed E-state index contributed by atoms with van der Waals surface area (Å²) in [6, 6.07) is 5.92. The van der Waals surface area contributed by atoms with Gasteiger partial charge in [0.2, 0.25) is 0 Å². The molecule has 1 aliphatic rings. The van der Waals surface area contributed by atoms with Gasteiger partial charge < -0.3 is 16.0 Å². The Labute approximate surface area is 146 Å². The van der Waals surface area contributed by atoms with Crippen LogP contribution in [-0.4, -0.2) is 22.2 Å². The second-order valence-electron chi connectivity index (χ2n) is 5.93. The van der Waals surface area contributed by atoms with Crippen LogP contribution in [0.15, 0.2) is 24.5 Å². The number of aromatic nitrogens is 2. The van der Waals surface area contributed by atoms with Crippen molar-refractivity contribution in [2.45, 2.75) is 31.7 Å². The highest BCUT2D eigenvalue weighted by atomic mass is 15.1. The van der Waals surface area contributed by atoms with E-state index in [1.165, 1.54) is 19.0 Å². The molecule has 1 saturated carbocycles. The van der Waals surface area contributed by atoms with E-state index in [0.717, 1.165) is 30.3 Å². The summed E-state index contributed by atoms with van der Waals surface area (Å²) in [5.41, 5.74) is 2.52. The highest BCUT2D eigenvalue weighted by molar-refractivity contribution is 5.86. The third-order valence-corrected chi connectivity index (χ3v) is 4.22. The van der Waals surface area contributed by atoms with E-state index in [2.05, 4.69) is 26.5 Å². The Morgan fingerprint density at radius 2 is 2.04 bits per heavy atom. The molecule has 1 aliphatic carbocycles. The van der Waals surface area contributed by atoms with Crippen LogP contribution in [0.5, 0.6) is 0 Å². The van der Waals surface area contributed by atoms with Crippen LogP contribution < -0.4 is 10.6 Å². The van der Waals surface area contributed by atoms with Crippen LogP contribution in [0.4, 0.5) is 17.3 Å². The van der Waals surface area contributed by atoms with Crippen molar-refractivity contribution in [3.63, 3.8) is 0 Å². The van der Waals surface area contributed by atoms with E-state index in [0.29, 0.717) is 28.8 Å². The van der Waals surface area contributed by atoms with Crippen molar-refractivity contribution < 1.29 is 0 Å². The van der Waals surface area contributed by atoms with Gasteiger partial charge in [-0.15, -0.1) is 6.42 Å². The molecule has 2 heterocycles. The maximum Gasteiger partial charge on any atom is 0.140 e. The normalized spacial score (nSPS) is 13.7. The number of pyridine rings is 2. The number of hydrogen-bond donors (Lipinski definition) is 3. The highest BCUT2D eigenvalue weighted by Gasteiger charge is 2.16. The predicted molar refractivity (Wildman–Crippen MR) is 98.2 cm³/mol. The summed E-state index contributed by atoms with van der Waals surface area (Å²) in [6.45, 7) is 0. The van der Waals surface area contributed by atoms with Crippen LogP contribution in [0.3, 0.4) is 0 Å². The summed E-state index contributed by atoms with van der Waals surface area (Å²) in [6.07, 6.45) is 14.6. The molecular weight excluding hydrogens is 312 g/mol. The van der Waals surface area contributed by atoms with E-state index in [-0.39, 0.29) is 0 Å². The SMILES string of the molecule is C#Cc1cnc(Nc2ncc(C#N)cc2C=N)cc1NC1CCCC1. The van der Waals surface area contributed by atoms with Gasteiger partial charge in [0.25, 0.3) is 0 Å². The van der Waals surface area contributed by atoms with Gasteiger partial charge in [0, 0.05) is 36.3 Å². The molecule has 2 aromatic rings. The van der Waals surface area contributed by atoms with Crippen molar-refractivity contribution in [3.8, 4) is 18.4 Å². The third kappa shape index (κ3) is 3.76. The van der Waals surface area contributed by atoms with Crippen molar-refractivity contribution in [3.05, 3.63) is 41.2 Å². The lowest BCUT2D eigenvalue weighted by molar-refractivity contribution is 0.755. The van der Waals surface area contributed by atoms with E-state index >= 15 is 0 Å². The summed E-state index contributed by atoms with van der Waals surface area (Å²) >= 11 is 0. The molecule has 0 aliphatic heterocycles. The first-order valence-corrected chi connectivity index (χ1v) is 8.14. The van der Waals surface area contributed by atoms with Crippen LogP contribution in [0, 0.1) is 29.1 Å². The Kier molecular flexibility index (Phi) is 4.92. The minimum absolute atomic E-state index is 0.406. The smallest absolute Gasteiger partial charge is 0.140 e. The van der Waals surface area contributed by atoms with Gasteiger partial charge in [-0.25, -0.2) is 9.97 Å². The highest BCUT2D eigenvalue weighted by Crippen LogP contribution is 2.26. The van der Waals surface area contributed by atoms with E-state index in [4.69, 9.17) is 17.1 Å². The Bertz CT molecular complexity index is 868. The largest absolute Gasteiger partial charge is 0.381 e. The predicted octanol–water partition coefficient (Wildman–Crippen LogP) is 3.43. The van der Waals surface area contributed by atoms with Gasteiger partial charge in [-0.3, -0.25) is 0 Å². The van der Waals surface area contributed by atoms with Gasteiger partial charge in [0.05, 0.1) is 16.8 Å². The summed E-state index contributed by atoms with van der Waals surface area (Å²) < 4.78 is 0. The van der Waals surface area contributed by atoms with Crippen molar-refractivity contribution >= 4 is 23.5 Å². The van der Waals surface area contributed by atoms with Gasteiger partial charge in [-0.2, -0.15) is 5.26 Å². The first-order chi connectivity index (χ1) is 12.2. The molecule has 0 radical (unpaired) electrons. The lowest BCUT2D eigenvalue weighted by atomic mass is 10.2. The number of hydrogen-bond acceptors (Lipinski definition) is 6. The van der Waals surface area contributed by atoms with Crippen LogP contribution in [0.25, 0.3) is 0 Å². The maximum atomic E-state index is 8.94. The molecule has 0 spiro atoms. The van der Waals surface area contributed by atoms with Gasteiger partial charge >= 0.3 is 0 Å². The summed E-state index contributed by atoms with van der Waals surface area (Å²) in [4.78, 5) is 8.53. The average molecular weight is 330 g/mol. The van der Waals surface area contributed by atoms with Crippen molar-refractivity contribution in [2.75, 3.05) is 10.6 Å². The van der Waals surface area contributed by atoms with Crippen molar-refractivity contribution in [2.24, 2.45) is 0 Å².